The van der Waals surface area contributed by atoms with E-state index >= 15 is 0 Å². The van der Waals surface area contributed by atoms with Crippen LogP contribution in [0, 0.1) is 0 Å². The molecule has 0 radical (unpaired) electrons. The number of alkyl halides is 1. The minimum absolute atomic E-state index is 0.636. The lowest BCUT2D eigenvalue weighted by molar-refractivity contribution is 0.371. The minimum atomic E-state index is 0.636. The van der Waals surface area contributed by atoms with Crippen molar-refractivity contribution < 1.29 is 4.74 Å². The molecule has 0 aliphatic carbocycles. The molecule has 0 saturated carbocycles. The molecule has 0 aliphatic heterocycles. The fourth-order valence-corrected chi connectivity index (χ4v) is 2.20. The molecule has 18 heavy (non-hydrogen) atoms. The number of benzene rings is 1. The van der Waals surface area contributed by atoms with Crippen LogP contribution in [-0.2, 0) is 10.1 Å². The molecule has 0 saturated heterocycles. The van der Waals surface area contributed by atoms with Gasteiger partial charge in [-0.1, -0.05) is 52.8 Å². The van der Waals surface area contributed by atoms with Gasteiger partial charge in [-0.2, -0.15) is 0 Å². The third-order valence-electron chi connectivity index (χ3n) is 2.75. The van der Waals surface area contributed by atoms with E-state index in [1.807, 2.05) is 36.5 Å². The Morgan fingerprint density at radius 3 is 2.67 bits per heavy atom. The molecule has 0 fully saturated rings. The summed E-state index contributed by atoms with van der Waals surface area (Å²) in [6, 6.07) is 12.2. The van der Waals surface area contributed by atoms with E-state index in [1.54, 1.807) is 7.11 Å². The van der Waals surface area contributed by atoms with E-state index in [-0.39, 0.29) is 0 Å². The molecule has 0 amide bonds. The van der Waals surface area contributed by atoms with E-state index in [2.05, 4.69) is 33.6 Å². The van der Waals surface area contributed by atoms with E-state index in [1.165, 1.54) is 0 Å². The number of methoxy groups -OCH3 is 1. The Balaban J connectivity index is 2.45. The summed E-state index contributed by atoms with van der Waals surface area (Å²) in [6.45, 7) is 3.87. The van der Waals surface area contributed by atoms with Gasteiger partial charge in [0.25, 0.3) is 0 Å². The van der Waals surface area contributed by atoms with Gasteiger partial charge in [-0.15, -0.1) is 0 Å². The predicted octanol–water partition coefficient (Wildman–Crippen LogP) is 4.26. The van der Waals surface area contributed by atoms with Crippen LogP contribution in [0.3, 0.4) is 0 Å². The molecule has 2 aromatic rings. The Morgan fingerprint density at radius 1 is 1.33 bits per heavy atom. The molecule has 2 rings (SSSR count). The predicted molar refractivity (Wildman–Crippen MR) is 78.3 cm³/mol. The van der Waals surface area contributed by atoms with E-state index in [0.29, 0.717) is 5.76 Å². The number of aromatic nitrogens is 1. The maximum atomic E-state index is 5.17. The second-order valence-corrected chi connectivity index (χ2v) is 4.41. The number of halogens is 1. The van der Waals surface area contributed by atoms with E-state index < -0.39 is 0 Å². The standard InChI is InChI=1S/C15H14BrNO/c1-11(18-2)14-10-17-15(8-13(14)9-16)12-6-4-3-5-7-12/h3-8,10H,1,9H2,2H3. The third kappa shape index (κ3) is 2.62. The zero-order valence-corrected chi connectivity index (χ0v) is 11.8. The largest absolute Gasteiger partial charge is 0.497 e. The Bertz CT molecular complexity index is 552. The van der Waals surface area contributed by atoms with Crippen LogP contribution in [-0.4, -0.2) is 12.1 Å². The number of hydrogen-bond acceptors (Lipinski definition) is 2. The van der Waals surface area contributed by atoms with Gasteiger partial charge in [-0.05, 0) is 11.6 Å². The summed E-state index contributed by atoms with van der Waals surface area (Å²) < 4.78 is 5.17. The number of ether oxygens (including phenoxy) is 1. The van der Waals surface area contributed by atoms with Gasteiger partial charge in [-0.25, -0.2) is 0 Å². The number of hydrogen-bond donors (Lipinski definition) is 0. The lowest BCUT2D eigenvalue weighted by atomic mass is 10.1. The fraction of sp³-hybridized carbons (Fsp3) is 0.133. The van der Waals surface area contributed by atoms with Crippen LogP contribution in [0.15, 0.2) is 49.2 Å². The molecule has 0 atom stereocenters. The van der Waals surface area contributed by atoms with Crippen LogP contribution in [0.1, 0.15) is 11.1 Å². The van der Waals surface area contributed by atoms with Gasteiger partial charge in [0, 0.05) is 22.7 Å². The topological polar surface area (TPSA) is 22.1 Å². The van der Waals surface area contributed by atoms with Crippen molar-refractivity contribution in [3.63, 3.8) is 0 Å². The summed E-state index contributed by atoms with van der Waals surface area (Å²) in [5.74, 6) is 0.636. The molecule has 0 unspecified atom stereocenters. The van der Waals surface area contributed by atoms with Crippen LogP contribution < -0.4 is 0 Å². The highest BCUT2D eigenvalue weighted by atomic mass is 79.9. The smallest absolute Gasteiger partial charge is 0.120 e. The van der Waals surface area contributed by atoms with Gasteiger partial charge < -0.3 is 4.74 Å². The normalized spacial score (nSPS) is 10.1. The Labute approximate surface area is 115 Å². The summed E-state index contributed by atoms with van der Waals surface area (Å²) >= 11 is 3.49. The first-order valence-electron chi connectivity index (χ1n) is 5.60. The van der Waals surface area contributed by atoms with E-state index in [9.17, 15) is 0 Å². The highest BCUT2D eigenvalue weighted by molar-refractivity contribution is 9.08. The number of nitrogens with zero attached hydrogens (tertiary/aromatic N) is 1. The number of pyridine rings is 1. The average Bonchev–Trinajstić information content (AvgIpc) is 2.46. The van der Waals surface area contributed by atoms with Crippen LogP contribution in [0.2, 0.25) is 0 Å². The molecular weight excluding hydrogens is 290 g/mol. The lowest BCUT2D eigenvalue weighted by Crippen LogP contribution is -1.95. The maximum absolute atomic E-state index is 5.17. The molecule has 1 heterocycles. The lowest BCUT2D eigenvalue weighted by Gasteiger charge is -2.10. The van der Waals surface area contributed by atoms with Gasteiger partial charge in [-0.3, -0.25) is 4.98 Å². The maximum Gasteiger partial charge on any atom is 0.120 e. The fourth-order valence-electron chi connectivity index (χ4n) is 1.74. The van der Waals surface area contributed by atoms with Crippen LogP contribution in [0.4, 0.5) is 0 Å². The first-order chi connectivity index (χ1) is 8.76. The monoisotopic (exact) mass is 303 g/mol. The van der Waals surface area contributed by atoms with Gasteiger partial charge in [0.1, 0.15) is 5.76 Å². The third-order valence-corrected chi connectivity index (χ3v) is 3.35. The summed E-state index contributed by atoms with van der Waals surface area (Å²) in [5, 5.41) is 0.743. The van der Waals surface area contributed by atoms with Gasteiger partial charge in [0.2, 0.25) is 0 Å². The SMILES string of the molecule is C=C(OC)c1cnc(-c2ccccc2)cc1CBr. The van der Waals surface area contributed by atoms with Crippen LogP contribution in [0.5, 0.6) is 0 Å². The van der Waals surface area contributed by atoms with Crippen LogP contribution in [0.25, 0.3) is 17.0 Å². The van der Waals surface area contributed by atoms with Crippen molar-refractivity contribution in [3.05, 3.63) is 60.3 Å². The Hall–Kier alpha value is -1.61. The second kappa shape index (κ2) is 5.83. The molecule has 2 nitrogen and oxygen atoms in total. The molecule has 1 aromatic carbocycles. The Morgan fingerprint density at radius 2 is 2.06 bits per heavy atom. The van der Waals surface area contributed by atoms with Crippen molar-refractivity contribution in [2.75, 3.05) is 7.11 Å². The zero-order chi connectivity index (χ0) is 13.0. The quantitative estimate of drug-likeness (QED) is 0.622. The van der Waals surface area contributed by atoms with Crippen molar-refractivity contribution in [1.29, 1.82) is 0 Å². The van der Waals surface area contributed by atoms with Crippen LogP contribution >= 0.6 is 15.9 Å². The van der Waals surface area contributed by atoms with Crippen molar-refractivity contribution in [3.8, 4) is 11.3 Å². The van der Waals surface area contributed by atoms with Gasteiger partial charge in [0.15, 0.2) is 0 Å². The molecule has 0 bridgehead atoms. The minimum Gasteiger partial charge on any atom is -0.497 e. The average molecular weight is 304 g/mol. The molecule has 92 valence electrons. The summed E-state index contributed by atoms with van der Waals surface area (Å²) in [4.78, 5) is 4.46. The molecule has 1 aromatic heterocycles. The Kier molecular flexibility index (Phi) is 4.15. The summed E-state index contributed by atoms with van der Waals surface area (Å²) in [6.07, 6.45) is 1.81. The van der Waals surface area contributed by atoms with E-state index in [0.717, 1.165) is 27.7 Å². The van der Waals surface area contributed by atoms with Crippen molar-refractivity contribution in [2.24, 2.45) is 0 Å². The molecular formula is C15H14BrNO. The first-order valence-corrected chi connectivity index (χ1v) is 6.72. The molecule has 3 heteroatoms. The zero-order valence-electron chi connectivity index (χ0n) is 10.2. The van der Waals surface area contributed by atoms with Crippen molar-refractivity contribution in [2.45, 2.75) is 5.33 Å². The van der Waals surface area contributed by atoms with Gasteiger partial charge >= 0.3 is 0 Å². The van der Waals surface area contributed by atoms with Crippen molar-refractivity contribution in [1.82, 2.24) is 4.98 Å². The summed E-state index contributed by atoms with van der Waals surface area (Å²) in [5.41, 5.74) is 4.12. The molecule has 0 N–H and O–H groups in total. The first kappa shape index (κ1) is 12.8. The van der Waals surface area contributed by atoms with E-state index in [4.69, 9.17) is 4.74 Å². The number of rotatable bonds is 4. The molecule has 0 aliphatic rings. The summed E-state index contributed by atoms with van der Waals surface area (Å²) in [7, 11) is 1.62. The highest BCUT2D eigenvalue weighted by Gasteiger charge is 2.08. The molecule has 0 spiro atoms. The van der Waals surface area contributed by atoms with Crippen molar-refractivity contribution >= 4 is 21.7 Å². The second-order valence-electron chi connectivity index (χ2n) is 3.85. The highest BCUT2D eigenvalue weighted by Crippen LogP contribution is 2.25. The van der Waals surface area contributed by atoms with Gasteiger partial charge in [0.05, 0.1) is 12.8 Å².